The first-order valence-corrected chi connectivity index (χ1v) is 4.58. The summed E-state index contributed by atoms with van der Waals surface area (Å²) in [6.07, 6.45) is 1.59. The van der Waals surface area contributed by atoms with Crippen molar-refractivity contribution in [3.8, 4) is 0 Å². The van der Waals surface area contributed by atoms with Crippen molar-refractivity contribution in [2.24, 2.45) is 5.92 Å². The van der Waals surface area contributed by atoms with Crippen molar-refractivity contribution >= 4 is 0 Å². The molecule has 0 amide bonds. The van der Waals surface area contributed by atoms with Crippen molar-refractivity contribution in [1.82, 2.24) is 0 Å². The van der Waals surface area contributed by atoms with E-state index in [0.717, 1.165) is 12.5 Å². The van der Waals surface area contributed by atoms with Gasteiger partial charge in [0.2, 0.25) is 0 Å². The van der Waals surface area contributed by atoms with E-state index in [-0.39, 0.29) is 0 Å². The van der Waals surface area contributed by atoms with Crippen LogP contribution in [-0.4, -0.2) is 6.61 Å². The monoisotopic (exact) mass is 162 g/mol. The van der Waals surface area contributed by atoms with Gasteiger partial charge in [0, 0.05) is 5.92 Å². The number of hydrogen-bond donors (Lipinski definition) is 0. The molecule has 0 aromatic heterocycles. The Morgan fingerprint density at radius 3 is 2.58 bits per heavy atom. The maximum Gasteiger partial charge on any atom is 0.0875 e. The molecule has 0 unspecified atom stereocenters. The molecule has 1 heterocycles. The van der Waals surface area contributed by atoms with E-state index >= 15 is 0 Å². The van der Waals surface area contributed by atoms with Crippen LogP contribution in [0, 0.1) is 5.92 Å². The lowest BCUT2D eigenvalue weighted by Gasteiger charge is -2.36. The summed E-state index contributed by atoms with van der Waals surface area (Å²) in [5.74, 6) is 0.743. The van der Waals surface area contributed by atoms with Crippen molar-refractivity contribution in [1.29, 1.82) is 0 Å². The molecule has 0 aliphatic carbocycles. The third kappa shape index (κ3) is 1.25. The number of hydrogen-bond acceptors (Lipinski definition) is 1. The summed E-state index contributed by atoms with van der Waals surface area (Å²) in [5, 5.41) is 0. The fourth-order valence-electron chi connectivity index (χ4n) is 1.67. The summed E-state index contributed by atoms with van der Waals surface area (Å²) in [6.45, 7) is 3.17. The minimum Gasteiger partial charge on any atom is -0.373 e. The summed E-state index contributed by atoms with van der Waals surface area (Å²) >= 11 is 0. The Morgan fingerprint density at radius 2 is 2.08 bits per heavy atom. The van der Waals surface area contributed by atoms with Crippen LogP contribution in [0.4, 0.5) is 0 Å². The van der Waals surface area contributed by atoms with Crippen LogP contribution in [0.2, 0.25) is 0 Å². The highest BCUT2D eigenvalue weighted by Gasteiger charge is 2.31. The zero-order chi connectivity index (χ0) is 8.39. The topological polar surface area (TPSA) is 9.23 Å². The Balaban J connectivity index is 2.11. The van der Waals surface area contributed by atoms with Crippen LogP contribution in [0.1, 0.15) is 25.0 Å². The first kappa shape index (κ1) is 7.81. The minimum atomic E-state index is 0.371. The van der Waals surface area contributed by atoms with E-state index in [9.17, 15) is 0 Å². The summed E-state index contributed by atoms with van der Waals surface area (Å²) in [7, 11) is 0. The first-order chi connectivity index (χ1) is 5.92. The molecule has 0 bridgehead atoms. The highest BCUT2D eigenvalue weighted by Crippen LogP contribution is 2.36. The molecule has 0 saturated carbocycles. The second kappa shape index (κ2) is 3.28. The number of ether oxygens (including phenoxy) is 1. The summed E-state index contributed by atoms with van der Waals surface area (Å²) in [6, 6.07) is 10.5. The lowest BCUT2D eigenvalue weighted by Crippen LogP contribution is -2.31. The van der Waals surface area contributed by atoms with E-state index in [1.165, 1.54) is 12.0 Å². The van der Waals surface area contributed by atoms with Crippen molar-refractivity contribution in [3.63, 3.8) is 0 Å². The zero-order valence-electron chi connectivity index (χ0n) is 7.36. The molecular formula is C11H14O. The van der Waals surface area contributed by atoms with E-state index in [4.69, 9.17) is 4.74 Å². The Kier molecular flexibility index (Phi) is 2.13. The van der Waals surface area contributed by atoms with Gasteiger partial charge in [0.15, 0.2) is 0 Å². The van der Waals surface area contributed by atoms with E-state index in [1.54, 1.807) is 0 Å². The molecule has 1 fully saturated rings. The van der Waals surface area contributed by atoms with E-state index in [0.29, 0.717) is 6.10 Å². The van der Waals surface area contributed by atoms with Gasteiger partial charge in [-0.15, -0.1) is 0 Å². The Morgan fingerprint density at radius 1 is 1.33 bits per heavy atom. The smallest absolute Gasteiger partial charge is 0.0875 e. The molecule has 1 aliphatic heterocycles. The van der Waals surface area contributed by atoms with Crippen LogP contribution >= 0.6 is 0 Å². The molecule has 0 radical (unpaired) electrons. The maximum absolute atomic E-state index is 5.52. The average molecular weight is 162 g/mol. The molecule has 1 aromatic rings. The van der Waals surface area contributed by atoms with Gasteiger partial charge in [-0.25, -0.2) is 0 Å². The molecule has 1 heteroatoms. The van der Waals surface area contributed by atoms with Crippen LogP contribution in [0.3, 0.4) is 0 Å². The predicted octanol–water partition coefficient (Wildman–Crippen LogP) is 2.78. The SMILES string of the molecule is CC[C@@H]1CO[C@H]1c1ccccc1. The van der Waals surface area contributed by atoms with Gasteiger partial charge in [-0.1, -0.05) is 37.3 Å². The largest absolute Gasteiger partial charge is 0.373 e. The molecular weight excluding hydrogens is 148 g/mol. The molecule has 2 rings (SSSR count). The van der Waals surface area contributed by atoms with Gasteiger partial charge in [-0.3, -0.25) is 0 Å². The van der Waals surface area contributed by atoms with E-state index < -0.39 is 0 Å². The minimum absolute atomic E-state index is 0.371. The van der Waals surface area contributed by atoms with Crippen LogP contribution in [0.5, 0.6) is 0 Å². The second-order valence-corrected chi connectivity index (χ2v) is 3.33. The maximum atomic E-state index is 5.52. The summed E-state index contributed by atoms with van der Waals surface area (Å²) in [5.41, 5.74) is 1.33. The van der Waals surface area contributed by atoms with Gasteiger partial charge in [-0.05, 0) is 12.0 Å². The molecule has 1 aliphatic rings. The summed E-state index contributed by atoms with van der Waals surface area (Å²) in [4.78, 5) is 0. The highest BCUT2D eigenvalue weighted by atomic mass is 16.5. The van der Waals surface area contributed by atoms with Crippen molar-refractivity contribution in [3.05, 3.63) is 35.9 Å². The third-order valence-corrected chi connectivity index (χ3v) is 2.57. The normalized spacial score (nSPS) is 28.1. The molecule has 1 nitrogen and oxygen atoms in total. The van der Waals surface area contributed by atoms with Gasteiger partial charge in [-0.2, -0.15) is 0 Å². The molecule has 1 aromatic carbocycles. The zero-order valence-corrected chi connectivity index (χ0v) is 7.36. The van der Waals surface area contributed by atoms with E-state index in [2.05, 4.69) is 31.2 Å². The Bertz CT molecular complexity index is 240. The molecule has 0 spiro atoms. The van der Waals surface area contributed by atoms with Crippen LogP contribution in [0.25, 0.3) is 0 Å². The average Bonchev–Trinajstić information content (AvgIpc) is 2.05. The highest BCUT2D eigenvalue weighted by molar-refractivity contribution is 5.19. The van der Waals surface area contributed by atoms with Gasteiger partial charge in [0.1, 0.15) is 0 Å². The molecule has 0 N–H and O–H groups in total. The second-order valence-electron chi connectivity index (χ2n) is 3.33. The number of benzene rings is 1. The van der Waals surface area contributed by atoms with Gasteiger partial charge >= 0.3 is 0 Å². The van der Waals surface area contributed by atoms with Gasteiger partial charge in [0.05, 0.1) is 12.7 Å². The fraction of sp³-hybridized carbons (Fsp3) is 0.455. The Labute approximate surface area is 73.4 Å². The summed E-state index contributed by atoms with van der Waals surface area (Å²) < 4.78 is 5.52. The molecule has 1 saturated heterocycles. The molecule has 2 atom stereocenters. The van der Waals surface area contributed by atoms with E-state index in [1.807, 2.05) is 6.07 Å². The first-order valence-electron chi connectivity index (χ1n) is 4.58. The quantitative estimate of drug-likeness (QED) is 0.649. The van der Waals surface area contributed by atoms with Crippen LogP contribution in [0.15, 0.2) is 30.3 Å². The lowest BCUT2D eigenvalue weighted by molar-refractivity contribution is -0.119. The van der Waals surface area contributed by atoms with Crippen molar-refractivity contribution in [2.75, 3.05) is 6.61 Å². The molecule has 12 heavy (non-hydrogen) atoms. The van der Waals surface area contributed by atoms with Crippen LogP contribution < -0.4 is 0 Å². The van der Waals surface area contributed by atoms with Crippen molar-refractivity contribution in [2.45, 2.75) is 19.4 Å². The lowest BCUT2D eigenvalue weighted by atomic mass is 9.90. The fourth-order valence-corrected chi connectivity index (χ4v) is 1.67. The van der Waals surface area contributed by atoms with Crippen molar-refractivity contribution < 1.29 is 4.74 Å². The van der Waals surface area contributed by atoms with Gasteiger partial charge < -0.3 is 4.74 Å². The Hall–Kier alpha value is -0.820. The third-order valence-electron chi connectivity index (χ3n) is 2.57. The predicted molar refractivity (Wildman–Crippen MR) is 48.9 cm³/mol. The standard InChI is InChI=1S/C11H14O/c1-2-9-8-12-11(9)10-6-4-3-5-7-10/h3-7,9,11H,2,8H2,1H3/t9-,11-/m1/s1. The number of rotatable bonds is 2. The van der Waals surface area contributed by atoms with Gasteiger partial charge in [0.25, 0.3) is 0 Å². The molecule has 64 valence electrons. The van der Waals surface area contributed by atoms with Crippen LogP contribution in [-0.2, 0) is 4.74 Å².